The van der Waals surface area contributed by atoms with Crippen molar-refractivity contribution in [1.29, 1.82) is 0 Å². The first-order valence-electron chi connectivity index (χ1n) is 7.64. The van der Waals surface area contributed by atoms with Crippen LogP contribution in [0.5, 0.6) is 0 Å². The van der Waals surface area contributed by atoms with Crippen LogP contribution < -0.4 is 0 Å². The number of hydrogen-bond donors (Lipinski definition) is 0. The van der Waals surface area contributed by atoms with Crippen LogP contribution in [0.4, 0.5) is 13.2 Å². The molecule has 2 atom stereocenters. The highest BCUT2D eigenvalue weighted by Crippen LogP contribution is 2.36. The largest absolute Gasteiger partial charge is 0.417 e. The van der Waals surface area contributed by atoms with Gasteiger partial charge < -0.3 is 4.74 Å². The number of ether oxygens (including phenoxy) is 1. The molecule has 0 radical (unpaired) electrons. The van der Waals surface area contributed by atoms with Crippen LogP contribution in [0.1, 0.15) is 5.56 Å². The van der Waals surface area contributed by atoms with E-state index in [1.54, 1.807) is 0 Å². The summed E-state index contributed by atoms with van der Waals surface area (Å²) in [6, 6.07) is 4.18. The zero-order chi connectivity index (χ0) is 17.5. The molecule has 0 aliphatic carbocycles. The van der Waals surface area contributed by atoms with Crippen molar-refractivity contribution >= 4 is 10.0 Å². The van der Waals surface area contributed by atoms with E-state index in [2.05, 4.69) is 0 Å². The highest BCUT2D eigenvalue weighted by Gasteiger charge is 2.42. The summed E-state index contributed by atoms with van der Waals surface area (Å²) in [5.74, 6) is -0.0599. The van der Waals surface area contributed by atoms with E-state index in [0.717, 1.165) is 12.1 Å². The van der Waals surface area contributed by atoms with Gasteiger partial charge in [-0.25, -0.2) is 8.42 Å². The topological polar surface area (TPSA) is 49.9 Å². The van der Waals surface area contributed by atoms with Gasteiger partial charge in [-0.05, 0) is 19.2 Å². The molecule has 2 heterocycles. The van der Waals surface area contributed by atoms with Gasteiger partial charge in [0.1, 0.15) is 0 Å². The first-order valence-corrected chi connectivity index (χ1v) is 9.08. The molecule has 9 heteroatoms. The van der Waals surface area contributed by atoms with Gasteiger partial charge in [0.05, 0.1) is 23.7 Å². The van der Waals surface area contributed by atoms with Crippen molar-refractivity contribution in [2.24, 2.45) is 5.92 Å². The van der Waals surface area contributed by atoms with Gasteiger partial charge in [0.15, 0.2) is 0 Å². The van der Waals surface area contributed by atoms with E-state index < -0.39 is 26.7 Å². The normalized spacial score (nSPS) is 27.0. The Hall–Kier alpha value is -1.16. The molecular formula is C15H19F3N2O3S. The smallest absolute Gasteiger partial charge is 0.379 e. The Balaban J connectivity index is 2.00. The number of fused-ring (bicyclic) bond motifs is 3. The predicted molar refractivity (Wildman–Crippen MR) is 80.9 cm³/mol. The third-order valence-electron chi connectivity index (χ3n) is 4.52. The number of halogens is 3. The third kappa shape index (κ3) is 3.30. The fourth-order valence-electron chi connectivity index (χ4n) is 3.27. The minimum Gasteiger partial charge on any atom is -0.379 e. The Kier molecular flexibility index (Phi) is 4.63. The Labute approximate surface area is 139 Å². The molecule has 2 aliphatic heterocycles. The lowest BCUT2D eigenvalue weighted by molar-refractivity contribution is -0.139. The van der Waals surface area contributed by atoms with Gasteiger partial charge in [-0.3, -0.25) is 4.90 Å². The number of benzene rings is 1. The van der Waals surface area contributed by atoms with E-state index in [9.17, 15) is 21.6 Å². The Morgan fingerprint density at radius 2 is 1.83 bits per heavy atom. The van der Waals surface area contributed by atoms with Gasteiger partial charge in [0.25, 0.3) is 0 Å². The summed E-state index contributed by atoms with van der Waals surface area (Å²) in [7, 11) is -2.35. The summed E-state index contributed by atoms with van der Waals surface area (Å²) in [4.78, 5) is 1.34. The van der Waals surface area contributed by atoms with Gasteiger partial charge in [-0.2, -0.15) is 17.5 Å². The second kappa shape index (κ2) is 6.29. The lowest BCUT2D eigenvalue weighted by Gasteiger charge is -2.29. The summed E-state index contributed by atoms with van der Waals surface area (Å²) in [6.45, 7) is 1.74. The summed E-state index contributed by atoms with van der Waals surface area (Å²) in [5.41, 5.74) is -1.12. The maximum absolute atomic E-state index is 13.2. The van der Waals surface area contributed by atoms with Crippen molar-refractivity contribution in [2.75, 3.05) is 39.9 Å². The third-order valence-corrected chi connectivity index (χ3v) is 6.41. The van der Waals surface area contributed by atoms with Crippen LogP contribution in [0.25, 0.3) is 0 Å². The van der Waals surface area contributed by atoms with E-state index >= 15 is 0 Å². The molecule has 0 aromatic heterocycles. The van der Waals surface area contributed by atoms with E-state index in [1.165, 1.54) is 16.4 Å². The number of nitrogens with zero attached hydrogens (tertiary/aromatic N) is 2. The van der Waals surface area contributed by atoms with Gasteiger partial charge in [0.2, 0.25) is 10.0 Å². The molecule has 24 heavy (non-hydrogen) atoms. The number of hydrogen-bond acceptors (Lipinski definition) is 4. The molecule has 1 aromatic rings. The zero-order valence-corrected chi connectivity index (χ0v) is 14.0. The summed E-state index contributed by atoms with van der Waals surface area (Å²) >= 11 is 0. The first-order chi connectivity index (χ1) is 11.2. The fourth-order valence-corrected chi connectivity index (χ4v) is 5.03. The highest BCUT2D eigenvalue weighted by atomic mass is 32.2. The van der Waals surface area contributed by atoms with Crippen molar-refractivity contribution in [3.63, 3.8) is 0 Å². The Morgan fingerprint density at radius 1 is 1.12 bits per heavy atom. The van der Waals surface area contributed by atoms with Gasteiger partial charge in [0, 0.05) is 31.6 Å². The second-order valence-electron chi connectivity index (χ2n) is 6.31. The van der Waals surface area contributed by atoms with Crippen molar-refractivity contribution in [3.05, 3.63) is 29.8 Å². The molecule has 1 aromatic carbocycles. The van der Waals surface area contributed by atoms with Crippen LogP contribution in [-0.2, 0) is 20.9 Å². The number of sulfonamides is 1. The highest BCUT2D eigenvalue weighted by molar-refractivity contribution is 7.89. The molecule has 2 aliphatic rings. The maximum atomic E-state index is 13.2. The molecule has 134 valence electrons. The zero-order valence-electron chi connectivity index (χ0n) is 13.2. The molecular weight excluding hydrogens is 345 g/mol. The predicted octanol–water partition coefficient (Wildman–Crippen LogP) is 1.66. The fraction of sp³-hybridized carbons (Fsp3) is 0.600. The summed E-state index contributed by atoms with van der Waals surface area (Å²) in [5, 5.41) is 0. The Bertz CT molecular complexity index is 708. The lowest BCUT2D eigenvalue weighted by atomic mass is 10.1. The maximum Gasteiger partial charge on any atom is 0.417 e. The van der Waals surface area contributed by atoms with E-state index in [4.69, 9.17) is 4.74 Å². The average Bonchev–Trinajstić information content (AvgIpc) is 2.75. The standard InChI is InChI=1S/C15H19F3N2O3S/c1-19-6-11-7-20(8-12(19)10-23-9-11)24(21,22)14-5-3-2-4-13(14)15(16,17)18/h2-5,11-12H,6-10H2,1H3/t11-,12+/m1/s1. The molecule has 0 saturated carbocycles. The SMILES string of the molecule is CN1C[C@H]2COC[C@@H]1CN(S(=O)(=O)c1ccccc1C(F)(F)F)C2. The van der Waals surface area contributed by atoms with Gasteiger partial charge in [-0.15, -0.1) is 0 Å². The Morgan fingerprint density at radius 3 is 2.54 bits per heavy atom. The van der Waals surface area contributed by atoms with E-state index in [-0.39, 0.29) is 25.0 Å². The molecule has 2 fully saturated rings. The monoisotopic (exact) mass is 364 g/mol. The molecule has 3 rings (SSSR count). The number of rotatable bonds is 2. The summed E-state index contributed by atoms with van der Waals surface area (Å²) in [6.07, 6.45) is -4.72. The second-order valence-corrected chi connectivity index (χ2v) is 8.22. The molecule has 2 bridgehead atoms. The van der Waals surface area contributed by atoms with Gasteiger partial charge >= 0.3 is 6.18 Å². The van der Waals surface area contributed by atoms with Crippen LogP contribution in [0, 0.1) is 5.92 Å². The first kappa shape index (κ1) is 17.7. The van der Waals surface area contributed by atoms with Crippen LogP contribution in [0.2, 0.25) is 0 Å². The molecule has 0 spiro atoms. The van der Waals surface area contributed by atoms with Gasteiger partial charge in [-0.1, -0.05) is 12.1 Å². The average molecular weight is 364 g/mol. The molecule has 2 saturated heterocycles. The van der Waals surface area contributed by atoms with Crippen LogP contribution in [0.15, 0.2) is 29.2 Å². The van der Waals surface area contributed by atoms with Crippen LogP contribution in [0.3, 0.4) is 0 Å². The van der Waals surface area contributed by atoms with Crippen LogP contribution in [-0.4, -0.2) is 63.6 Å². The van der Waals surface area contributed by atoms with E-state index in [1.807, 2.05) is 11.9 Å². The molecule has 5 nitrogen and oxygen atoms in total. The number of alkyl halides is 3. The minimum absolute atomic E-state index is 0.0599. The van der Waals surface area contributed by atoms with Crippen molar-refractivity contribution in [3.8, 4) is 0 Å². The van der Waals surface area contributed by atoms with Crippen molar-refractivity contribution < 1.29 is 26.3 Å². The van der Waals surface area contributed by atoms with Crippen molar-refractivity contribution in [1.82, 2.24) is 9.21 Å². The quantitative estimate of drug-likeness (QED) is 0.801. The molecule has 0 N–H and O–H groups in total. The van der Waals surface area contributed by atoms with Crippen molar-refractivity contribution in [2.45, 2.75) is 17.1 Å². The number of likely N-dealkylation sites (N-methyl/N-ethyl adjacent to an activating group) is 1. The molecule has 0 unspecified atom stereocenters. The summed E-state index contributed by atoms with van der Waals surface area (Å²) < 4.78 is 72.2. The minimum atomic E-state index is -4.72. The van der Waals surface area contributed by atoms with E-state index in [0.29, 0.717) is 19.8 Å². The molecule has 0 amide bonds. The van der Waals surface area contributed by atoms with Crippen LogP contribution >= 0.6 is 0 Å². The lowest BCUT2D eigenvalue weighted by Crippen LogP contribution is -2.45.